The second-order valence-electron chi connectivity index (χ2n) is 6.34. The SMILES string of the molecule is CC1=C(CC(N)=O)c2cc(F)ccc2/C1=C/c1ccc(S(C)(=O)=O)cc1. The topological polar surface area (TPSA) is 77.2 Å². The summed E-state index contributed by atoms with van der Waals surface area (Å²) in [6.45, 7) is 1.87. The first kappa shape index (κ1) is 18.1. The van der Waals surface area contributed by atoms with E-state index in [1.807, 2.05) is 13.0 Å². The maximum atomic E-state index is 13.7. The van der Waals surface area contributed by atoms with E-state index in [9.17, 15) is 17.6 Å². The summed E-state index contributed by atoms with van der Waals surface area (Å²) < 4.78 is 36.9. The highest BCUT2D eigenvalue weighted by molar-refractivity contribution is 7.90. The van der Waals surface area contributed by atoms with Crippen molar-refractivity contribution in [1.29, 1.82) is 0 Å². The molecule has 1 aliphatic carbocycles. The normalized spacial score (nSPS) is 15.4. The summed E-state index contributed by atoms with van der Waals surface area (Å²) in [7, 11) is -3.26. The van der Waals surface area contributed by atoms with Crippen molar-refractivity contribution < 1.29 is 17.6 Å². The molecule has 0 radical (unpaired) electrons. The van der Waals surface area contributed by atoms with E-state index in [4.69, 9.17) is 5.73 Å². The van der Waals surface area contributed by atoms with Gasteiger partial charge in [-0.2, -0.15) is 0 Å². The molecule has 1 aliphatic rings. The highest BCUT2D eigenvalue weighted by Crippen LogP contribution is 2.43. The number of allylic oxidation sites excluding steroid dienone is 2. The molecule has 3 rings (SSSR count). The van der Waals surface area contributed by atoms with Crippen LogP contribution in [0.4, 0.5) is 4.39 Å². The van der Waals surface area contributed by atoms with E-state index in [1.54, 1.807) is 30.3 Å². The third-order valence-electron chi connectivity index (χ3n) is 4.42. The maximum Gasteiger partial charge on any atom is 0.221 e. The Hall–Kier alpha value is -2.73. The molecule has 6 heteroatoms. The van der Waals surface area contributed by atoms with Crippen LogP contribution in [0.5, 0.6) is 0 Å². The molecule has 0 saturated carbocycles. The van der Waals surface area contributed by atoms with Gasteiger partial charge in [-0.05, 0) is 70.7 Å². The third-order valence-corrected chi connectivity index (χ3v) is 5.55. The molecule has 2 N–H and O–H groups in total. The second-order valence-corrected chi connectivity index (χ2v) is 8.35. The van der Waals surface area contributed by atoms with Gasteiger partial charge in [0.05, 0.1) is 11.3 Å². The zero-order valence-corrected chi connectivity index (χ0v) is 15.2. The number of amides is 1. The van der Waals surface area contributed by atoms with Crippen molar-refractivity contribution in [2.75, 3.05) is 6.26 Å². The number of benzene rings is 2. The Bertz CT molecular complexity index is 1060. The van der Waals surface area contributed by atoms with Gasteiger partial charge >= 0.3 is 0 Å². The summed E-state index contributed by atoms with van der Waals surface area (Å²) in [5.74, 6) is -0.856. The summed E-state index contributed by atoms with van der Waals surface area (Å²) in [5.41, 5.74) is 10.1. The molecule has 0 unspecified atom stereocenters. The summed E-state index contributed by atoms with van der Waals surface area (Å²) in [6.07, 6.45) is 3.09. The number of nitrogens with two attached hydrogens (primary N) is 1. The quantitative estimate of drug-likeness (QED) is 0.894. The van der Waals surface area contributed by atoms with E-state index >= 15 is 0 Å². The van der Waals surface area contributed by atoms with Gasteiger partial charge in [0.1, 0.15) is 5.82 Å². The van der Waals surface area contributed by atoms with Crippen LogP contribution >= 0.6 is 0 Å². The van der Waals surface area contributed by atoms with Crippen molar-refractivity contribution in [2.45, 2.75) is 18.2 Å². The molecule has 0 aliphatic heterocycles. The van der Waals surface area contributed by atoms with Crippen LogP contribution in [0.1, 0.15) is 30.0 Å². The van der Waals surface area contributed by atoms with Crippen LogP contribution in [0.15, 0.2) is 52.9 Å². The first-order valence-electron chi connectivity index (χ1n) is 7.97. The smallest absolute Gasteiger partial charge is 0.221 e. The molecular weight excluding hydrogens is 353 g/mol. The highest BCUT2D eigenvalue weighted by Gasteiger charge is 2.25. The average Bonchev–Trinajstić information content (AvgIpc) is 2.79. The van der Waals surface area contributed by atoms with Gasteiger partial charge in [-0.3, -0.25) is 4.79 Å². The van der Waals surface area contributed by atoms with Gasteiger partial charge in [0.15, 0.2) is 9.84 Å². The van der Waals surface area contributed by atoms with E-state index < -0.39 is 15.7 Å². The number of hydrogen-bond acceptors (Lipinski definition) is 3. The van der Waals surface area contributed by atoms with E-state index in [-0.39, 0.29) is 17.1 Å². The standard InChI is InChI=1S/C20H18FNO3S/c1-12-17(9-13-3-6-15(7-4-13)26(2,24)25)16-8-5-14(21)10-19(16)18(12)11-20(22)23/h3-10H,11H2,1-2H3,(H2,22,23)/b17-9+. The Kier molecular flexibility index (Phi) is 4.54. The second kappa shape index (κ2) is 6.53. The molecule has 0 bridgehead atoms. The molecule has 4 nitrogen and oxygen atoms in total. The molecule has 26 heavy (non-hydrogen) atoms. The van der Waals surface area contributed by atoms with E-state index in [0.29, 0.717) is 11.1 Å². The number of halogens is 1. The number of fused-ring (bicyclic) bond motifs is 1. The van der Waals surface area contributed by atoms with Gasteiger partial charge in [0.2, 0.25) is 5.91 Å². The lowest BCUT2D eigenvalue weighted by atomic mass is 10.0. The molecular formula is C20H18FNO3S. The average molecular weight is 371 g/mol. The van der Waals surface area contributed by atoms with Gasteiger partial charge in [0.25, 0.3) is 0 Å². The van der Waals surface area contributed by atoms with E-state index in [1.165, 1.54) is 12.1 Å². The van der Waals surface area contributed by atoms with Gasteiger partial charge in [-0.1, -0.05) is 18.2 Å². The van der Waals surface area contributed by atoms with Gasteiger partial charge in [-0.15, -0.1) is 0 Å². The molecule has 0 atom stereocenters. The lowest BCUT2D eigenvalue weighted by Crippen LogP contribution is -2.10. The van der Waals surface area contributed by atoms with Gasteiger partial charge in [-0.25, -0.2) is 12.8 Å². The molecule has 0 aromatic heterocycles. The van der Waals surface area contributed by atoms with Crippen molar-refractivity contribution in [3.63, 3.8) is 0 Å². The van der Waals surface area contributed by atoms with Crippen LogP contribution in [0.2, 0.25) is 0 Å². The molecule has 0 heterocycles. The molecule has 2 aromatic carbocycles. The fraction of sp³-hybridized carbons (Fsp3) is 0.150. The summed E-state index contributed by atoms with van der Waals surface area (Å²) in [6, 6.07) is 11.0. The summed E-state index contributed by atoms with van der Waals surface area (Å²) in [5, 5.41) is 0. The molecule has 0 saturated heterocycles. The fourth-order valence-electron chi connectivity index (χ4n) is 3.13. The Morgan fingerprint density at radius 2 is 1.77 bits per heavy atom. The number of rotatable bonds is 4. The van der Waals surface area contributed by atoms with Crippen LogP contribution in [0.25, 0.3) is 17.2 Å². The van der Waals surface area contributed by atoms with Gasteiger partial charge < -0.3 is 5.73 Å². The molecule has 134 valence electrons. The van der Waals surface area contributed by atoms with Crippen molar-refractivity contribution in [3.8, 4) is 0 Å². The third kappa shape index (κ3) is 3.46. The predicted octanol–water partition coefficient (Wildman–Crippen LogP) is 3.43. The van der Waals surface area contributed by atoms with Crippen molar-refractivity contribution in [3.05, 3.63) is 70.5 Å². The van der Waals surface area contributed by atoms with E-state index in [0.717, 1.165) is 28.5 Å². The highest BCUT2D eigenvalue weighted by atomic mass is 32.2. The largest absolute Gasteiger partial charge is 0.369 e. The molecule has 0 spiro atoms. The number of hydrogen-bond donors (Lipinski definition) is 1. The van der Waals surface area contributed by atoms with Crippen LogP contribution in [0.3, 0.4) is 0 Å². The van der Waals surface area contributed by atoms with Crippen molar-refractivity contribution >= 4 is 33.0 Å². The fourth-order valence-corrected chi connectivity index (χ4v) is 3.76. The first-order valence-corrected chi connectivity index (χ1v) is 9.86. The van der Waals surface area contributed by atoms with E-state index in [2.05, 4.69) is 0 Å². The number of sulfone groups is 1. The first-order chi connectivity index (χ1) is 12.2. The monoisotopic (exact) mass is 371 g/mol. The molecule has 2 aromatic rings. The Labute approximate surface area is 151 Å². The van der Waals surface area contributed by atoms with Crippen LogP contribution in [-0.4, -0.2) is 20.6 Å². The Morgan fingerprint density at radius 1 is 1.12 bits per heavy atom. The zero-order valence-electron chi connectivity index (χ0n) is 14.4. The summed E-state index contributed by atoms with van der Waals surface area (Å²) >= 11 is 0. The molecule has 0 fully saturated rings. The van der Waals surface area contributed by atoms with Crippen LogP contribution in [0, 0.1) is 5.82 Å². The number of primary amides is 1. The Morgan fingerprint density at radius 3 is 2.35 bits per heavy atom. The van der Waals surface area contributed by atoms with Crippen LogP contribution in [-0.2, 0) is 14.6 Å². The molecule has 1 amide bonds. The lowest BCUT2D eigenvalue weighted by molar-refractivity contribution is -0.117. The number of carbonyl (C=O) groups excluding carboxylic acids is 1. The predicted molar refractivity (Wildman–Crippen MR) is 100 cm³/mol. The minimum Gasteiger partial charge on any atom is -0.369 e. The van der Waals surface area contributed by atoms with Crippen molar-refractivity contribution in [1.82, 2.24) is 0 Å². The zero-order chi connectivity index (χ0) is 19.1. The van der Waals surface area contributed by atoms with Crippen molar-refractivity contribution in [2.24, 2.45) is 5.73 Å². The van der Waals surface area contributed by atoms with Crippen LogP contribution < -0.4 is 5.73 Å². The Balaban J connectivity index is 2.11. The van der Waals surface area contributed by atoms with Gasteiger partial charge in [0, 0.05) is 6.26 Å². The maximum absolute atomic E-state index is 13.7. The summed E-state index contributed by atoms with van der Waals surface area (Å²) in [4.78, 5) is 11.7. The lowest BCUT2D eigenvalue weighted by Gasteiger charge is -2.05. The number of carbonyl (C=O) groups is 1. The minimum atomic E-state index is -3.26. The minimum absolute atomic E-state index is 0.0344.